The molecule has 1 N–H and O–H groups in total. The van der Waals surface area contributed by atoms with Crippen LogP contribution in [0, 0.1) is 0 Å². The van der Waals surface area contributed by atoms with E-state index in [-0.39, 0.29) is 12.6 Å². The van der Waals surface area contributed by atoms with Gasteiger partial charge >= 0.3 is 0 Å². The van der Waals surface area contributed by atoms with Crippen LogP contribution in [0.3, 0.4) is 0 Å². The molecular formula is C10H12BrF2N. The van der Waals surface area contributed by atoms with Gasteiger partial charge in [-0.15, -0.1) is 0 Å². The zero-order valence-electron chi connectivity index (χ0n) is 7.81. The monoisotopic (exact) mass is 263 g/mol. The first-order valence-corrected chi connectivity index (χ1v) is 5.16. The summed E-state index contributed by atoms with van der Waals surface area (Å²) in [5.74, 6) is 0. The molecule has 0 bridgehead atoms. The van der Waals surface area contributed by atoms with Gasteiger partial charge in [0.05, 0.1) is 6.54 Å². The van der Waals surface area contributed by atoms with Gasteiger partial charge in [0.15, 0.2) is 0 Å². The van der Waals surface area contributed by atoms with Gasteiger partial charge in [-0.3, -0.25) is 0 Å². The van der Waals surface area contributed by atoms with Crippen LogP contribution in [-0.4, -0.2) is 13.0 Å². The van der Waals surface area contributed by atoms with Gasteiger partial charge in [-0.05, 0) is 18.6 Å². The average Bonchev–Trinajstić information content (AvgIpc) is 2.15. The lowest BCUT2D eigenvalue weighted by Crippen LogP contribution is -2.24. The molecule has 0 aliphatic heterocycles. The highest BCUT2D eigenvalue weighted by Gasteiger charge is 2.10. The lowest BCUT2D eigenvalue weighted by molar-refractivity contribution is 0.142. The van der Waals surface area contributed by atoms with Gasteiger partial charge in [-0.2, -0.15) is 0 Å². The van der Waals surface area contributed by atoms with E-state index < -0.39 is 6.43 Å². The van der Waals surface area contributed by atoms with Crippen LogP contribution in [0.5, 0.6) is 0 Å². The normalized spacial score (nSPS) is 13.2. The smallest absolute Gasteiger partial charge is 0.250 e. The second-order valence-corrected chi connectivity index (χ2v) is 3.90. The van der Waals surface area contributed by atoms with Crippen molar-refractivity contribution in [2.45, 2.75) is 19.4 Å². The van der Waals surface area contributed by atoms with Crippen LogP contribution < -0.4 is 5.32 Å². The summed E-state index contributed by atoms with van der Waals surface area (Å²) in [5.41, 5.74) is 0.994. The van der Waals surface area contributed by atoms with Crippen molar-refractivity contribution in [1.29, 1.82) is 0 Å². The van der Waals surface area contributed by atoms with Crippen LogP contribution >= 0.6 is 15.9 Å². The van der Waals surface area contributed by atoms with Crippen LogP contribution in [0.15, 0.2) is 28.7 Å². The van der Waals surface area contributed by atoms with Crippen molar-refractivity contribution in [3.63, 3.8) is 0 Å². The van der Waals surface area contributed by atoms with Crippen LogP contribution in [0.2, 0.25) is 0 Å². The van der Waals surface area contributed by atoms with Crippen LogP contribution in [0.4, 0.5) is 8.78 Å². The molecule has 0 heterocycles. The van der Waals surface area contributed by atoms with Gasteiger partial charge in [0.25, 0.3) is 6.43 Å². The Hall–Kier alpha value is -0.480. The lowest BCUT2D eigenvalue weighted by atomic mass is 10.1. The maximum absolute atomic E-state index is 11.9. The Morgan fingerprint density at radius 2 is 2.00 bits per heavy atom. The molecule has 0 aliphatic rings. The Bertz CT molecular complexity index is 291. The number of nitrogens with one attached hydrogen (secondary N) is 1. The van der Waals surface area contributed by atoms with E-state index in [9.17, 15) is 8.78 Å². The SMILES string of the molecule is C[C@H](NCC(F)F)c1ccccc1Br. The van der Waals surface area contributed by atoms with Crippen LogP contribution in [0.25, 0.3) is 0 Å². The fourth-order valence-corrected chi connectivity index (χ4v) is 1.83. The topological polar surface area (TPSA) is 12.0 Å². The number of benzene rings is 1. The second kappa shape index (κ2) is 5.41. The third-order valence-electron chi connectivity index (χ3n) is 1.95. The average molecular weight is 264 g/mol. The molecule has 1 nitrogen and oxygen atoms in total. The largest absolute Gasteiger partial charge is 0.305 e. The summed E-state index contributed by atoms with van der Waals surface area (Å²) in [4.78, 5) is 0. The van der Waals surface area contributed by atoms with Crippen molar-refractivity contribution in [2.24, 2.45) is 0 Å². The van der Waals surface area contributed by atoms with E-state index in [2.05, 4.69) is 21.2 Å². The third kappa shape index (κ3) is 3.35. The van der Waals surface area contributed by atoms with E-state index in [4.69, 9.17) is 0 Å². The minimum absolute atomic E-state index is 0.0698. The summed E-state index contributed by atoms with van der Waals surface area (Å²) in [5, 5.41) is 2.76. The molecule has 1 rings (SSSR count). The molecule has 0 radical (unpaired) electrons. The zero-order chi connectivity index (χ0) is 10.6. The molecule has 4 heteroatoms. The first-order chi connectivity index (χ1) is 6.61. The highest BCUT2D eigenvalue weighted by Crippen LogP contribution is 2.22. The van der Waals surface area contributed by atoms with Crippen molar-refractivity contribution in [3.8, 4) is 0 Å². The van der Waals surface area contributed by atoms with Crippen molar-refractivity contribution in [2.75, 3.05) is 6.54 Å². The number of rotatable bonds is 4. The summed E-state index contributed by atoms with van der Waals surface area (Å²) in [7, 11) is 0. The van der Waals surface area contributed by atoms with E-state index in [0.29, 0.717) is 0 Å². The van der Waals surface area contributed by atoms with Gasteiger partial charge in [0.1, 0.15) is 0 Å². The Kier molecular flexibility index (Phi) is 4.48. The van der Waals surface area contributed by atoms with E-state index in [1.807, 2.05) is 31.2 Å². The third-order valence-corrected chi connectivity index (χ3v) is 2.67. The Labute approximate surface area is 90.6 Å². The summed E-state index contributed by atoms with van der Waals surface area (Å²) in [6.45, 7) is 1.59. The Morgan fingerprint density at radius 1 is 1.36 bits per heavy atom. The summed E-state index contributed by atoms with van der Waals surface area (Å²) >= 11 is 3.38. The summed E-state index contributed by atoms with van der Waals surface area (Å²) in [6, 6.07) is 7.52. The molecule has 0 fully saturated rings. The van der Waals surface area contributed by atoms with Crippen molar-refractivity contribution in [1.82, 2.24) is 5.32 Å². The highest BCUT2D eigenvalue weighted by molar-refractivity contribution is 9.10. The summed E-state index contributed by atoms with van der Waals surface area (Å²) in [6.07, 6.45) is -2.31. The number of alkyl halides is 2. The Balaban J connectivity index is 2.60. The molecule has 1 atom stereocenters. The molecule has 0 saturated carbocycles. The van der Waals surface area contributed by atoms with Gasteiger partial charge in [-0.1, -0.05) is 34.1 Å². The maximum Gasteiger partial charge on any atom is 0.250 e. The van der Waals surface area contributed by atoms with Crippen LogP contribution in [0.1, 0.15) is 18.5 Å². The standard InChI is InChI=1S/C10H12BrF2N/c1-7(14-6-10(12)13)8-4-2-3-5-9(8)11/h2-5,7,10,14H,6H2,1H3/t7-/m0/s1. The molecular weight excluding hydrogens is 252 g/mol. The molecule has 14 heavy (non-hydrogen) atoms. The molecule has 0 spiro atoms. The zero-order valence-corrected chi connectivity index (χ0v) is 9.39. The number of hydrogen-bond acceptors (Lipinski definition) is 1. The first-order valence-electron chi connectivity index (χ1n) is 4.37. The molecule has 0 aliphatic carbocycles. The van der Waals surface area contributed by atoms with Gasteiger partial charge < -0.3 is 5.32 Å². The van der Waals surface area contributed by atoms with Crippen LogP contribution in [-0.2, 0) is 0 Å². The predicted octanol–water partition coefficient (Wildman–Crippen LogP) is 3.36. The molecule has 0 aromatic heterocycles. The van der Waals surface area contributed by atoms with Crippen molar-refractivity contribution in [3.05, 3.63) is 34.3 Å². The minimum Gasteiger partial charge on any atom is -0.305 e. The molecule has 1 aromatic rings. The van der Waals surface area contributed by atoms with E-state index in [0.717, 1.165) is 10.0 Å². The molecule has 0 saturated heterocycles. The molecule has 78 valence electrons. The number of halogens is 3. The predicted molar refractivity (Wildman–Crippen MR) is 56.6 cm³/mol. The molecule has 1 aromatic carbocycles. The highest BCUT2D eigenvalue weighted by atomic mass is 79.9. The second-order valence-electron chi connectivity index (χ2n) is 3.04. The maximum atomic E-state index is 11.9. The van der Waals surface area contributed by atoms with E-state index >= 15 is 0 Å². The van der Waals surface area contributed by atoms with E-state index in [1.54, 1.807) is 0 Å². The minimum atomic E-state index is -2.31. The van der Waals surface area contributed by atoms with E-state index in [1.165, 1.54) is 0 Å². The summed E-state index contributed by atoms with van der Waals surface area (Å²) < 4.78 is 24.8. The van der Waals surface area contributed by atoms with Crippen molar-refractivity contribution < 1.29 is 8.78 Å². The van der Waals surface area contributed by atoms with Gasteiger partial charge in [0, 0.05) is 10.5 Å². The fourth-order valence-electron chi connectivity index (χ4n) is 1.20. The lowest BCUT2D eigenvalue weighted by Gasteiger charge is -2.15. The number of hydrogen-bond donors (Lipinski definition) is 1. The Morgan fingerprint density at radius 3 is 2.57 bits per heavy atom. The van der Waals surface area contributed by atoms with Gasteiger partial charge in [0.2, 0.25) is 0 Å². The van der Waals surface area contributed by atoms with Crippen molar-refractivity contribution >= 4 is 15.9 Å². The molecule has 0 amide bonds. The molecule has 0 unspecified atom stereocenters. The van der Waals surface area contributed by atoms with Gasteiger partial charge in [-0.25, -0.2) is 8.78 Å². The fraction of sp³-hybridized carbons (Fsp3) is 0.400. The quantitative estimate of drug-likeness (QED) is 0.879. The first kappa shape index (κ1) is 11.6.